The van der Waals surface area contributed by atoms with Crippen LogP contribution in [0.4, 0.5) is 132 Å². The fourth-order valence-corrected chi connectivity index (χ4v) is 6.93. The molecule has 0 spiro atoms. The zero-order valence-electron chi connectivity index (χ0n) is 39.0. The molecule has 0 fully saturated rings. The molecule has 0 saturated heterocycles. The Bertz CT molecular complexity index is 3060. The van der Waals surface area contributed by atoms with Crippen molar-refractivity contribution in [2.24, 2.45) is 0 Å². The van der Waals surface area contributed by atoms with Crippen LogP contribution < -0.4 is 28.4 Å². The maximum Gasteiger partial charge on any atom is 0.212 e. The lowest BCUT2D eigenvalue weighted by atomic mass is 10.1. The van der Waals surface area contributed by atoms with Gasteiger partial charge in [-0.25, -0.2) is 132 Å². The summed E-state index contributed by atoms with van der Waals surface area (Å²) in [6, 6.07) is 0. The van der Waals surface area contributed by atoms with Gasteiger partial charge in [0, 0.05) is 0 Å². The molecule has 36 heteroatoms. The van der Waals surface area contributed by atoms with Gasteiger partial charge >= 0.3 is 0 Å². The Labute approximate surface area is 442 Å². The molecule has 84 heavy (non-hydrogen) atoms. The monoisotopic (exact) mass is 1250 g/mol. The molecule has 0 aliphatic heterocycles. The zero-order valence-corrected chi connectivity index (χ0v) is 39.0. The van der Waals surface area contributed by atoms with E-state index in [-0.39, 0.29) is 0 Å². The minimum absolute atomic E-state index is 2.35. The lowest BCUT2D eigenvalue weighted by Gasteiger charge is -2.26. The van der Waals surface area contributed by atoms with E-state index in [2.05, 4.69) is 0 Å². The van der Waals surface area contributed by atoms with Gasteiger partial charge in [-0.1, -0.05) is 0 Å². The van der Waals surface area contributed by atoms with Crippen LogP contribution in [0.5, 0.6) is 34.5 Å². The number of benzene rings is 7. The first-order chi connectivity index (χ1) is 39.2. The summed E-state index contributed by atoms with van der Waals surface area (Å²) in [6.07, 6.45) is 0. The molecule has 0 bridgehead atoms. The van der Waals surface area contributed by atoms with Crippen molar-refractivity contribution < 1.29 is 160 Å². The molecule has 0 saturated carbocycles. The number of halogens is 30. The van der Waals surface area contributed by atoms with Gasteiger partial charge in [-0.2, -0.15) is 0 Å². The molecule has 0 amide bonds. The first-order valence-corrected chi connectivity index (χ1v) is 21.2. The Kier molecular flexibility index (Phi) is 17.8. The van der Waals surface area contributed by atoms with Gasteiger partial charge < -0.3 is 28.4 Å². The molecule has 0 heterocycles. The largest absolute Gasteiger partial charge is 0.481 e. The molecule has 0 aliphatic rings. The smallest absolute Gasteiger partial charge is 0.212 e. The normalized spacial score (nSPS) is 11.5. The van der Waals surface area contributed by atoms with Crippen LogP contribution in [0, 0.1) is 175 Å². The highest BCUT2D eigenvalue weighted by atomic mass is 19.2. The number of ether oxygens (including phenoxy) is 6. The molecule has 0 unspecified atom stereocenters. The van der Waals surface area contributed by atoms with Crippen molar-refractivity contribution in [3.8, 4) is 34.5 Å². The second kappa shape index (κ2) is 23.8. The fourth-order valence-electron chi connectivity index (χ4n) is 6.93. The summed E-state index contributed by atoms with van der Waals surface area (Å²) in [7, 11) is 0. The maximum absolute atomic E-state index is 15.3. The van der Waals surface area contributed by atoms with Crippen LogP contribution in [0.15, 0.2) is 0 Å². The molecule has 7 rings (SSSR count). The minimum atomic E-state index is -3.02. The molecule has 450 valence electrons. The molecule has 0 N–H and O–H groups in total. The molecule has 0 atom stereocenters. The van der Waals surface area contributed by atoms with Crippen molar-refractivity contribution in [1.82, 2.24) is 0 Å². The van der Waals surface area contributed by atoms with Crippen LogP contribution in [-0.4, -0.2) is 0 Å². The molecule has 0 aromatic heterocycles. The first kappa shape index (κ1) is 62.8. The van der Waals surface area contributed by atoms with Gasteiger partial charge in [-0.05, 0) is 0 Å². The van der Waals surface area contributed by atoms with E-state index in [0.29, 0.717) is 0 Å². The van der Waals surface area contributed by atoms with Crippen molar-refractivity contribution in [3.05, 3.63) is 208 Å². The van der Waals surface area contributed by atoms with E-state index in [1.165, 1.54) is 0 Å². The summed E-state index contributed by atoms with van der Waals surface area (Å²) in [6.45, 7) is -15.2. The quantitative estimate of drug-likeness (QED) is 0.0485. The van der Waals surface area contributed by atoms with E-state index >= 15 is 52.7 Å². The van der Waals surface area contributed by atoms with Crippen molar-refractivity contribution in [1.29, 1.82) is 0 Å². The van der Waals surface area contributed by atoms with Crippen LogP contribution >= 0.6 is 0 Å². The third kappa shape index (κ3) is 10.7. The number of rotatable bonds is 18. The topological polar surface area (TPSA) is 55.4 Å². The average Bonchev–Trinajstić information content (AvgIpc) is 3.49. The standard InChI is InChI=1S/C48H12F30O6/c49-13-7(14(50)26(62)37(73)25(13)61)1-79-43-44(80-2-8-15(51)27(63)38(74)28(64)16(8)52)46(82-4-10-19(55)31(67)40(76)32(68)20(10)56)48(84-6-12-23(59)35(71)42(78)36(72)24(12)60)47(83-5-11-21(57)33(69)41(77)34(70)22(11)58)45(43)81-3-9-17(53)29(65)39(75)30(66)18(9)54/h1-6H2. The molecular weight excluding hydrogens is 1240 g/mol. The van der Waals surface area contributed by atoms with Crippen molar-refractivity contribution in [2.45, 2.75) is 39.6 Å². The van der Waals surface area contributed by atoms with Crippen LogP contribution in [0.25, 0.3) is 0 Å². The Morgan fingerprint density at radius 1 is 0.119 bits per heavy atom. The minimum Gasteiger partial charge on any atom is -0.481 e. The lowest BCUT2D eigenvalue weighted by Crippen LogP contribution is -2.16. The number of hydrogen-bond acceptors (Lipinski definition) is 6. The SMILES string of the molecule is Fc1c(F)c(F)c(COc2c(OCc3c(F)c(F)c(F)c(F)c3F)c(OCc3c(F)c(F)c(F)c(F)c3F)c(OCc3c(F)c(F)c(F)c(F)c3F)c(OCc3c(F)c(F)c(F)c(F)c3F)c2OCc2c(F)c(F)c(F)c(F)c2F)c(F)c1F. The third-order valence-corrected chi connectivity index (χ3v) is 11.2. The van der Waals surface area contributed by atoms with Gasteiger partial charge in [0.1, 0.15) is 39.6 Å². The highest BCUT2D eigenvalue weighted by molar-refractivity contribution is 5.74. The summed E-state index contributed by atoms with van der Waals surface area (Å²) < 4.78 is 473. The van der Waals surface area contributed by atoms with E-state index in [4.69, 9.17) is 28.4 Å². The highest BCUT2D eigenvalue weighted by Gasteiger charge is 2.39. The van der Waals surface area contributed by atoms with Gasteiger partial charge in [-0.15, -0.1) is 0 Å². The van der Waals surface area contributed by atoms with Crippen LogP contribution in [0.3, 0.4) is 0 Å². The first-order valence-electron chi connectivity index (χ1n) is 21.2. The molecule has 0 aliphatic carbocycles. The number of hydrogen-bond donors (Lipinski definition) is 0. The Balaban J connectivity index is 1.69. The summed E-state index contributed by atoms with van der Waals surface area (Å²) in [5.74, 6) is -104. The highest BCUT2D eigenvalue weighted by Crippen LogP contribution is 2.60. The van der Waals surface area contributed by atoms with Gasteiger partial charge in [0.05, 0.1) is 33.4 Å². The fraction of sp³-hybridized carbons (Fsp3) is 0.125. The van der Waals surface area contributed by atoms with Crippen LogP contribution in [0.2, 0.25) is 0 Å². The predicted molar refractivity (Wildman–Crippen MR) is 210 cm³/mol. The molecule has 6 nitrogen and oxygen atoms in total. The van der Waals surface area contributed by atoms with E-state index in [1.54, 1.807) is 0 Å². The van der Waals surface area contributed by atoms with Crippen LogP contribution in [-0.2, 0) is 39.6 Å². The van der Waals surface area contributed by atoms with Crippen molar-refractivity contribution in [2.75, 3.05) is 0 Å². The Morgan fingerprint density at radius 3 is 0.274 bits per heavy atom. The third-order valence-electron chi connectivity index (χ3n) is 11.2. The van der Waals surface area contributed by atoms with E-state index in [0.717, 1.165) is 0 Å². The Hall–Kier alpha value is -8.76. The van der Waals surface area contributed by atoms with Gasteiger partial charge in [0.2, 0.25) is 69.4 Å². The summed E-state index contributed by atoms with van der Waals surface area (Å²) in [4.78, 5) is 0. The zero-order chi connectivity index (χ0) is 62.7. The molecular formula is C48H12F30O6. The van der Waals surface area contributed by atoms with Crippen LogP contribution in [0.1, 0.15) is 33.4 Å². The molecule has 0 radical (unpaired) electrons. The summed E-state index contributed by atoms with van der Waals surface area (Å²) >= 11 is 0. The van der Waals surface area contributed by atoms with E-state index in [9.17, 15) is 79.0 Å². The second-order valence-electron chi connectivity index (χ2n) is 16.0. The average molecular weight is 1250 g/mol. The maximum atomic E-state index is 15.3. The summed E-state index contributed by atoms with van der Waals surface area (Å²) in [5.41, 5.74) is -14.1. The Morgan fingerprint density at radius 2 is 0.190 bits per heavy atom. The van der Waals surface area contributed by atoms with Gasteiger partial charge in [0.15, 0.2) is 140 Å². The summed E-state index contributed by atoms with van der Waals surface area (Å²) in [5, 5.41) is 0. The van der Waals surface area contributed by atoms with Gasteiger partial charge in [0.25, 0.3) is 0 Å². The lowest BCUT2D eigenvalue weighted by molar-refractivity contribution is 0.172. The second-order valence-corrected chi connectivity index (χ2v) is 16.0. The van der Waals surface area contributed by atoms with Crippen molar-refractivity contribution in [3.63, 3.8) is 0 Å². The van der Waals surface area contributed by atoms with Crippen molar-refractivity contribution >= 4 is 0 Å². The van der Waals surface area contributed by atoms with E-state index in [1.807, 2.05) is 0 Å². The molecule has 7 aromatic carbocycles. The van der Waals surface area contributed by atoms with E-state index < -0.39 is 282 Å². The predicted octanol–water partition coefficient (Wildman–Crippen LogP) is 15.3. The molecule has 7 aromatic rings. The van der Waals surface area contributed by atoms with Gasteiger partial charge in [-0.3, -0.25) is 0 Å².